The number of hydrogen-bond donors (Lipinski definition) is 4. The lowest BCUT2D eigenvalue weighted by atomic mass is 10.2. The van der Waals surface area contributed by atoms with Crippen molar-refractivity contribution in [3.05, 3.63) is 35.6 Å². The second-order valence-electron chi connectivity index (χ2n) is 3.88. The quantitative estimate of drug-likeness (QED) is 0.603. The average molecular weight is 270 g/mol. The number of halogens is 1. The van der Waals surface area contributed by atoms with Crippen LogP contribution in [0.1, 0.15) is 12.0 Å². The minimum atomic E-state index is -1.50. The van der Waals surface area contributed by atoms with Gasteiger partial charge in [0, 0.05) is 19.5 Å². The first-order chi connectivity index (χ1) is 8.99. The van der Waals surface area contributed by atoms with Gasteiger partial charge in [-0.2, -0.15) is 0 Å². The Hall–Kier alpha value is -2.15. The number of carbonyl (C=O) groups excluding carboxylic acids is 1. The molecule has 0 heterocycles. The summed E-state index contributed by atoms with van der Waals surface area (Å²) in [5, 5.41) is 22.2. The zero-order valence-corrected chi connectivity index (χ0v) is 10.1. The van der Waals surface area contributed by atoms with Crippen LogP contribution < -0.4 is 10.6 Å². The molecular formula is C12H15FN2O4. The van der Waals surface area contributed by atoms with Crippen LogP contribution in [-0.4, -0.2) is 34.9 Å². The van der Waals surface area contributed by atoms with Gasteiger partial charge in [-0.1, -0.05) is 12.1 Å². The molecule has 1 aromatic carbocycles. The molecule has 1 rings (SSSR count). The standard InChI is InChI=1S/C12H15FN2O4/c13-9-3-1-2-8(6-9)7-15-12(19)14-5-4-10(16)11(17)18/h1-3,6,10,16H,4-5,7H2,(H,17,18)(H2,14,15,19). The summed E-state index contributed by atoms with van der Waals surface area (Å²) in [7, 11) is 0. The molecule has 0 aliphatic rings. The number of benzene rings is 1. The minimum absolute atomic E-state index is 0.0302. The van der Waals surface area contributed by atoms with E-state index in [1.165, 1.54) is 18.2 Å². The largest absolute Gasteiger partial charge is 0.479 e. The molecular weight excluding hydrogens is 255 g/mol. The monoisotopic (exact) mass is 270 g/mol. The molecule has 6 nitrogen and oxygen atoms in total. The number of nitrogens with one attached hydrogen (secondary N) is 2. The van der Waals surface area contributed by atoms with E-state index in [0.29, 0.717) is 5.56 Å². The third-order valence-corrected chi connectivity index (χ3v) is 2.33. The summed E-state index contributed by atoms with van der Waals surface area (Å²) in [4.78, 5) is 21.6. The SMILES string of the molecule is O=C(NCCC(O)C(=O)O)NCc1cccc(F)c1. The van der Waals surface area contributed by atoms with Crippen LogP contribution in [0.3, 0.4) is 0 Å². The fraction of sp³-hybridized carbons (Fsp3) is 0.333. The molecule has 0 aliphatic carbocycles. The highest BCUT2D eigenvalue weighted by Crippen LogP contribution is 2.02. The lowest BCUT2D eigenvalue weighted by Gasteiger charge is -2.09. The number of urea groups is 1. The van der Waals surface area contributed by atoms with E-state index in [9.17, 15) is 14.0 Å². The fourth-order valence-electron chi connectivity index (χ4n) is 1.34. The van der Waals surface area contributed by atoms with Gasteiger partial charge < -0.3 is 20.8 Å². The van der Waals surface area contributed by atoms with Crippen LogP contribution in [0, 0.1) is 5.82 Å². The topological polar surface area (TPSA) is 98.7 Å². The van der Waals surface area contributed by atoms with E-state index in [-0.39, 0.29) is 25.3 Å². The summed E-state index contributed by atoms with van der Waals surface area (Å²) in [5.74, 6) is -1.72. The highest BCUT2D eigenvalue weighted by molar-refractivity contribution is 5.74. The van der Waals surface area contributed by atoms with Gasteiger partial charge in [-0.15, -0.1) is 0 Å². The number of aliphatic hydroxyl groups excluding tert-OH is 1. The summed E-state index contributed by atoms with van der Waals surface area (Å²) >= 11 is 0. The van der Waals surface area contributed by atoms with E-state index >= 15 is 0 Å². The highest BCUT2D eigenvalue weighted by atomic mass is 19.1. The fourth-order valence-corrected chi connectivity index (χ4v) is 1.34. The van der Waals surface area contributed by atoms with Crippen LogP contribution in [-0.2, 0) is 11.3 Å². The number of carboxylic acid groups (broad SMARTS) is 1. The molecule has 0 radical (unpaired) electrons. The number of carboxylic acids is 1. The average Bonchev–Trinajstić information content (AvgIpc) is 2.36. The van der Waals surface area contributed by atoms with E-state index in [4.69, 9.17) is 10.2 Å². The third kappa shape index (κ3) is 5.82. The Morgan fingerprint density at radius 3 is 2.68 bits per heavy atom. The van der Waals surface area contributed by atoms with E-state index in [2.05, 4.69) is 10.6 Å². The van der Waals surface area contributed by atoms with Crippen molar-refractivity contribution < 1.29 is 24.2 Å². The van der Waals surface area contributed by atoms with Gasteiger partial charge in [0.1, 0.15) is 5.82 Å². The van der Waals surface area contributed by atoms with Crippen molar-refractivity contribution in [1.82, 2.24) is 10.6 Å². The Balaban J connectivity index is 2.23. The van der Waals surface area contributed by atoms with Gasteiger partial charge in [0.15, 0.2) is 6.10 Å². The third-order valence-electron chi connectivity index (χ3n) is 2.33. The number of aliphatic carboxylic acids is 1. The smallest absolute Gasteiger partial charge is 0.332 e. The molecule has 0 bridgehead atoms. The second kappa shape index (κ2) is 7.32. The second-order valence-corrected chi connectivity index (χ2v) is 3.88. The molecule has 0 saturated carbocycles. The van der Waals surface area contributed by atoms with Gasteiger partial charge in [0.25, 0.3) is 0 Å². The van der Waals surface area contributed by atoms with E-state index in [0.717, 1.165) is 0 Å². The summed E-state index contributed by atoms with van der Waals surface area (Å²) in [5.41, 5.74) is 0.612. The predicted molar refractivity (Wildman–Crippen MR) is 64.9 cm³/mol. The molecule has 1 atom stereocenters. The van der Waals surface area contributed by atoms with Crippen LogP contribution in [0.15, 0.2) is 24.3 Å². The van der Waals surface area contributed by atoms with Gasteiger partial charge >= 0.3 is 12.0 Å². The molecule has 4 N–H and O–H groups in total. The Kier molecular flexibility index (Phi) is 5.74. The van der Waals surface area contributed by atoms with E-state index in [1.807, 2.05) is 0 Å². The first kappa shape index (κ1) is 14.9. The Bertz CT molecular complexity index is 453. The van der Waals surface area contributed by atoms with Crippen LogP contribution in [0.25, 0.3) is 0 Å². The molecule has 0 aromatic heterocycles. The Morgan fingerprint density at radius 1 is 1.32 bits per heavy atom. The minimum Gasteiger partial charge on any atom is -0.479 e. The van der Waals surface area contributed by atoms with Crippen LogP contribution in [0.5, 0.6) is 0 Å². The van der Waals surface area contributed by atoms with Gasteiger partial charge in [-0.05, 0) is 17.7 Å². The molecule has 2 amide bonds. The Labute approximate surface area is 109 Å². The number of hydrogen-bond acceptors (Lipinski definition) is 3. The van der Waals surface area contributed by atoms with E-state index in [1.54, 1.807) is 6.07 Å². The van der Waals surface area contributed by atoms with Crippen molar-refractivity contribution in [2.75, 3.05) is 6.54 Å². The molecule has 1 unspecified atom stereocenters. The van der Waals surface area contributed by atoms with Gasteiger partial charge in [0.2, 0.25) is 0 Å². The molecule has 1 aromatic rings. The summed E-state index contributed by atoms with van der Waals surface area (Å²) in [6.07, 6.45) is -1.58. The summed E-state index contributed by atoms with van der Waals surface area (Å²) in [6.45, 7) is 0.188. The van der Waals surface area contributed by atoms with Crippen molar-refractivity contribution in [3.8, 4) is 0 Å². The van der Waals surface area contributed by atoms with Crippen molar-refractivity contribution in [2.24, 2.45) is 0 Å². The molecule has 19 heavy (non-hydrogen) atoms. The summed E-state index contributed by atoms with van der Waals surface area (Å²) < 4.78 is 12.8. The summed E-state index contributed by atoms with van der Waals surface area (Å²) in [6, 6.07) is 5.29. The maximum atomic E-state index is 12.8. The van der Waals surface area contributed by atoms with Crippen molar-refractivity contribution in [3.63, 3.8) is 0 Å². The molecule has 0 spiro atoms. The van der Waals surface area contributed by atoms with Crippen molar-refractivity contribution in [2.45, 2.75) is 19.1 Å². The lowest BCUT2D eigenvalue weighted by Crippen LogP contribution is -2.37. The number of carbonyl (C=O) groups is 2. The molecule has 0 fully saturated rings. The maximum Gasteiger partial charge on any atom is 0.332 e. The van der Waals surface area contributed by atoms with Crippen molar-refractivity contribution >= 4 is 12.0 Å². The molecule has 104 valence electrons. The van der Waals surface area contributed by atoms with Crippen LogP contribution in [0.2, 0.25) is 0 Å². The first-order valence-corrected chi connectivity index (χ1v) is 5.66. The van der Waals surface area contributed by atoms with Crippen molar-refractivity contribution in [1.29, 1.82) is 0 Å². The lowest BCUT2D eigenvalue weighted by molar-refractivity contribution is -0.146. The first-order valence-electron chi connectivity index (χ1n) is 5.66. The van der Waals surface area contributed by atoms with Gasteiger partial charge in [-0.3, -0.25) is 0 Å². The van der Waals surface area contributed by atoms with Crippen LogP contribution >= 0.6 is 0 Å². The number of rotatable bonds is 6. The maximum absolute atomic E-state index is 12.8. The number of amides is 2. The molecule has 0 saturated heterocycles. The zero-order chi connectivity index (χ0) is 14.3. The number of aliphatic hydroxyl groups is 1. The Morgan fingerprint density at radius 2 is 2.05 bits per heavy atom. The van der Waals surface area contributed by atoms with E-state index < -0.39 is 18.1 Å². The zero-order valence-electron chi connectivity index (χ0n) is 10.1. The normalized spacial score (nSPS) is 11.7. The van der Waals surface area contributed by atoms with Crippen LogP contribution in [0.4, 0.5) is 9.18 Å². The van der Waals surface area contributed by atoms with Gasteiger partial charge in [0.05, 0.1) is 0 Å². The molecule has 7 heteroatoms. The highest BCUT2D eigenvalue weighted by Gasteiger charge is 2.12. The predicted octanol–water partition coefficient (Wildman–Crippen LogP) is 0.461. The molecule has 0 aliphatic heterocycles. The van der Waals surface area contributed by atoms with Gasteiger partial charge in [-0.25, -0.2) is 14.0 Å².